The van der Waals surface area contributed by atoms with Crippen molar-refractivity contribution in [2.75, 3.05) is 31.2 Å². The lowest BCUT2D eigenvalue weighted by Crippen LogP contribution is -2.46. The van der Waals surface area contributed by atoms with Crippen molar-refractivity contribution in [3.8, 4) is 16.2 Å². The number of carbonyl (C=O) groups excluding carboxylic acids is 1. The lowest BCUT2D eigenvalue weighted by molar-refractivity contribution is 0.0961. The number of aromatic nitrogens is 2. The molecule has 2 N–H and O–H groups in total. The van der Waals surface area contributed by atoms with Gasteiger partial charge in [-0.3, -0.25) is 9.48 Å². The molecule has 0 saturated heterocycles. The van der Waals surface area contributed by atoms with Gasteiger partial charge >= 0.3 is 0 Å². The first-order valence-electron chi connectivity index (χ1n) is 7.13. The van der Waals surface area contributed by atoms with E-state index in [4.69, 9.17) is 4.74 Å². The summed E-state index contributed by atoms with van der Waals surface area (Å²) >= 11 is 1.42. The Morgan fingerprint density at radius 3 is 3.14 bits per heavy atom. The molecule has 0 spiro atoms. The molecule has 0 fully saturated rings. The zero-order chi connectivity index (χ0) is 15.3. The predicted molar refractivity (Wildman–Crippen MR) is 82.6 cm³/mol. The predicted octanol–water partition coefficient (Wildman–Crippen LogP) is 0.452. The number of nitrogens with zero attached hydrogens (tertiary/aromatic N) is 3. The fourth-order valence-electron chi connectivity index (χ4n) is 2.95. The third kappa shape index (κ3) is 1.91. The number of ether oxygens (including phenoxy) is 1. The molecule has 1 atom stereocenters. The van der Waals surface area contributed by atoms with Crippen LogP contribution in [0.1, 0.15) is 9.67 Å². The van der Waals surface area contributed by atoms with Gasteiger partial charge in [0.2, 0.25) is 0 Å². The molecule has 0 bridgehead atoms. The van der Waals surface area contributed by atoms with Crippen molar-refractivity contribution in [1.82, 2.24) is 15.1 Å². The zero-order valence-electron chi connectivity index (χ0n) is 12.1. The van der Waals surface area contributed by atoms with Crippen LogP contribution in [0.2, 0.25) is 0 Å². The van der Waals surface area contributed by atoms with Crippen LogP contribution in [0.15, 0.2) is 12.4 Å². The Labute approximate surface area is 131 Å². The van der Waals surface area contributed by atoms with Crippen molar-refractivity contribution in [2.45, 2.75) is 6.04 Å². The van der Waals surface area contributed by atoms with E-state index in [2.05, 4.69) is 15.3 Å². The van der Waals surface area contributed by atoms with E-state index in [-0.39, 0.29) is 18.6 Å². The maximum Gasteiger partial charge on any atom is 0.263 e. The van der Waals surface area contributed by atoms with E-state index in [1.807, 2.05) is 13.2 Å². The summed E-state index contributed by atoms with van der Waals surface area (Å²) in [6.45, 7) is 1.66. The van der Waals surface area contributed by atoms with Gasteiger partial charge in [0.25, 0.3) is 5.91 Å². The van der Waals surface area contributed by atoms with Gasteiger partial charge in [0.15, 0.2) is 5.75 Å². The summed E-state index contributed by atoms with van der Waals surface area (Å²) in [4.78, 5) is 16.0. The number of carbonyl (C=O) groups is 1. The van der Waals surface area contributed by atoms with Gasteiger partial charge in [0, 0.05) is 31.9 Å². The number of aliphatic hydroxyl groups is 1. The van der Waals surface area contributed by atoms with Crippen LogP contribution in [0.5, 0.6) is 5.75 Å². The van der Waals surface area contributed by atoms with Crippen LogP contribution >= 0.6 is 11.3 Å². The van der Waals surface area contributed by atoms with E-state index in [0.717, 1.165) is 21.9 Å². The molecule has 2 aromatic heterocycles. The number of rotatable bonds is 2. The van der Waals surface area contributed by atoms with Crippen LogP contribution < -0.4 is 15.0 Å². The second-order valence-corrected chi connectivity index (χ2v) is 6.46. The molecule has 0 aliphatic carbocycles. The Hall–Kier alpha value is -2.06. The molecule has 0 radical (unpaired) electrons. The van der Waals surface area contributed by atoms with Crippen molar-refractivity contribution in [2.24, 2.45) is 7.05 Å². The smallest absolute Gasteiger partial charge is 0.263 e. The number of amides is 1. The maximum atomic E-state index is 12.3. The second kappa shape index (κ2) is 4.99. The molecule has 1 amide bonds. The van der Waals surface area contributed by atoms with Crippen molar-refractivity contribution in [3.05, 3.63) is 17.3 Å². The molecule has 22 heavy (non-hydrogen) atoms. The van der Waals surface area contributed by atoms with Crippen molar-refractivity contribution in [3.63, 3.8) is 0 Å². The third-order valence-corrected chi connectivity index (χ3v) is 5.22. The summed E-state index contributed by atoms with van der Waals surface area (Å²) in [5.74, 6) is 0.649. The van der Waals surface area contributed by atoms with Gasteiger partial charge in [-0.1, -0.05) is 0 Å². The Morgan fingerprint density at radius 2 is 2.41 bits per heavy atom. The molecule has 2 aromatic rings. The highest BCUT2D eigenvalue weighted by Crippen LogP contribution is 2.50. The highest BCUT2D eigenvalue weighted by molar-refractivity contribution is 7.18. The van der Waals surface area contributed by atoms with Gasteiger partial charge in [-0.2, -0.15) is 5.10 Å². The van der Waals surface area contributed by atoms with Gasteiger partial charge in [-0.05, 0) is 0 Å². The first-order valence-corrected chi connectivity index (χ1v) is 7.95. The zero-order valence-corrected chi connectivity index (χ0v) is 12.9. The van der Waals surface area contributed by atoms with Gasteiger partial charge in [0.05, 0.1) is 23.7 Å². The van der Waals surface area contributed by atoms with E-state index in [0.29, 0.717) is 24.6 Å². The van der Waals surface area contributed by atoms with Crippen molar-refractivity contribution >= 4 is 22.9 Å². The summed E-state index contributed by atoms with van der Waals surface area (Å²) in [5.41, 5.74) is 1.75. The minimum Gasteiger partial charge on any atom is -0.488 e. The standard InChI is InChI=1S/C14H16N4O3S/c1-17-5-8(4-16-17)12-11-10-13(22-12)14(20)15-2-3-18(10)9(6-19)7-21-11/h4-5,9,19H,2-3,6-7H2,1H3,(H,15,20)/t9-/m1/s1. The summed E-state index contributed by atoms with van der Waals surface area (Å²) < 4.78 is 7.63. The summed E-state index contributed by atoms with van der Waals surface area (Å²) in [6.07, 6.45) is 3.68. The van der Waals surface area contributed by atoms with Crippen LogP contribution in [-0.2, 0) is 7.05 Å². The number of anilines is 1. The van der Waals surface area contributed by atoms with Crippen LogP contribution in [0.4, 0.5) is 5.69 Å². The fourth-order valence-corrected chi connectivity index (χ4v) is 4.10. The summed E-state index contributed by atoms with van der Waals surface area (Å²) in [6, 6.07) is -0.115. The first-order chi connectivity index (χ1) is 10.7. The monoisotopic (exact) mass is 320 g/mol. The van der Waals surface area contributed by atoms with Crippen LogP contribution in [0.3, 0.4) is 0 Å². The van der Waals surface area contributed by atoms with E-state index >= 15 is 0 Å². The Kier molecular flexibility index (Phi) is 3.08. The first kappa shape index (κ1) is 13.6. The number of aliphatic hydroxyl groups excluding tert-OH is 1. The molecule has 0 aromatic carbocycles. The average molecular weight is 320 g/mol. The highest BCUT2D eigenvalue weighted by atomic mass is 32.1. The number of thiophene rings is 1. The highest BCUT2D eigenvalue weighted by Gasteiger charge is 2.37. The van der Waals surface area contributed by atoms with Gasteiger partial charge < -0.3 is 20.1 Å². The number of nitrogens with one attached hydrogen (secondary N) is 1. The van der Waals surface area contributed by atoms with Crippen molar-refractivity contribution < 1.29 is 14.6 Å². The van der Waals surface area contributed by atoms with Gasteiger partial charge in [-0.15, -0.1) is 11.3 Å². The normalized spacial score (nSPS) is 20.2. The Morgan fingerprint density at radius 1 is 1.55 bits per heavy atom. The SMILES string of the molecule is Cn1cc(-c2sc3c4c2OC[C@@H](CO)N4CCNC3=O)cn1. The summed E-state index contributed by atoms with van der Waals surface area (Å²) in [5, 5.41) is 16.7. The van der Waals surface area contributed by atoms with Crippen molar-refractivity contribution in [1.29, 1.82) is 0 Å². The molecule has 2 aliphatic heterocycles. The third-order valence-electron chi connectivity index (χ3n) is 4.01. The second-order valence-electron chi connectivity index (χ2n) is 5.44. The molecule has 7 nitrogen and oxygen atoms in total. The van der Waals surface area contributed by atoms with Crippen LogP contribution in [-0.4, -0.2) is 53.1 Å². The Balaban J connectivity index is 1.90. The number of aryl methyl sites for hydroxylation is 1. The van der Waals surface area contributed by atoms with E-state index in [1.165, 1.54) is 11.3 Å². The average Bonchev–Trinajstić information content (AvgIpc) is 3.06. The van der Waals surface area contributed by atoms with Gasteiger partial charge in [0.1, 0.15) is 17.2 Å². The topological polar surface area (TPSA) is 79.6 Å². The number of hydrogen-bond donors (Lipinski definition) is 2. The molecule has 116 valence electrons. The lowest BCUT2D eigenvalue weighted by Gasteiger charge is -2.36. The minimum atomic E-state index is -0.115. The molecule has 2 aliphatic rings. The van der Waals surface area contributed by atoms with E-state index < -0.39 is 0 Å². The Bertz CT molecular complexity index is 739. The molecule has 8 heteroatoms. The number of hydrogen-bond acceptors (Lipinski definition) is 6. The van der Waals surface area contributed by atoms with Crippen LogP contribution in [0, 0.1) is 0 Å². The molecular weight excluding hydrogens is 304 g/mol. The van der Waals surface area contributed by atoms with E-state index in [1.54, 1.807) is 10.9 Å². The molecule has 4 rings (SSSR count). The minimum absolute atomic E-state index is 0.00510. The largest absolute Gasteiger partial charge is 0.488 e. The lowest BCUT2D eigenvalue weighted by atomic mass is 10.1. The molecule has 0 saturated carbocycles. The fraction of sp³-hybridized carbons (Fsp3) is 0.429. The molecule has 0 unspecified atom stereocenters. The quantitative estimate of drug-likeness (QED) is 0.840. The van der Waals surface area contributed by atoms with E-state index in [9.17, 15) is 9.90 Å². The van der Waals surface area contributed by atoms with Crippen LogP contribution in [0.25, 0.3) is 10.4 Å². The maximum absolute atomic E-state index is 12.3. The van der Waals surface area contributed by atoms with Gasteiger partial charge in [-0.25, -0.2) is 0 Å². The molecule has 4 heterocycles. The molecular formula is C14H16N4O3S. The summed E-state index contributed by atoms with van der Waals surface area (Å²) in [7, 11) is 1.86.